The molecule has 0 saturated heterocycles. The molecule has 0 heterocycles. The standard InChI is InChI=1S/C14H19Cl2NO4S/c1-3-5-6-13(14(18)21-4-2)17-22(19,20)12-8-10(15)7-11(16)9-12/h7-9,13,17H,3-6H2,1-2H3. The molecule has 1 aromatic carbocycles. The van der Waals surface area contributed by atoms with E-state index in [2.05, 4.69) is 4.72 Å². The quantitative estimate of drug-likeness (QED) is 0.714. The number of nitrogens with one attached hydrogen (secondary N) is 1. The first kappa shape index (κ1) is 19.2. The van der Waals surface area contributed by atoms with E-state index >= 15 is 0 Å². The highest BCUT2D eigenvalue weighted by atomic mass is 35.5. The van der Waals surface area contributed by atoms with Crippen molar-refractivity contribution < 1.29 is 17.9 Å². The van der Waals surface area contributed by atoms with Gasteiger partial charge in [0.2, 0.25) is 10.0 Å². The summed E-state index contributed by atoms with van der Waals surface area (Å²) >= 11 is 11.6. The van der Waals surface area contributed by atoms with Crippen LogP contribution in [0, 0.1) is 0 Å². The highest BCUT2D eigenvalue weighted by Gasteiger charge is 2.26. The molecule has 0 spiro atoms. The van der Waals surface area contributed by atoms with Crippen molar-refractivity contribution in [1.29, 1.82) is 0 Å². The second kappa shape index (κ2) is 8.72. The van der Waals surface area contributed by atoms with Crippen LogP contribution >= 0.6 is 23.2 Å². The molecule has 1 N–H and O–H groups in total. The van der Waals surface area contributed by atoms with Crippen molar-refractivity contribution in [2.45, 2.75) is 44.0 Å². The number of hydrogen-bond donors (Lipinski definition) is 1. The van der Waals surface area contributed by atoms with E-state index in [0.29, 0.717) is 12.8 Å². The second-order valence-electron chi connectivity index (χ2n) is 4.67. The molecule has 0 saturated carbocycles. The molecule has 0 aliphatic carbocycles. The van der Waals surface area contributed by atoms with E-state index in [9.17, 15) is 13.2 Å². The van der Waals surface area contributed by atoms with Gasteiger partial charge in [-0.3, -0.25) is 4.79 Å². The summed E-state index contributed by atoms with van der Waals surface area (Å²) < 4.78 is 32.0. The number of sulfonamides is 1. The van der Waals surface area contributed by atoms with Crippen LogP contribution in [0.15, 0.2) is 23.1 Å². The lowest BCUT2D eigenvalue weighted by Gasteiger charge is -2.17. The maximum atomic E-state index is 12.4. The van der Waals surface area contributed by atoms with Gasteiger partial charge in [0.25, 0.3) is 0 Å². The molecule has 0 fully saturated rings. The molecular formula is C14H19Cl2NO4S. The summed E-state index contributed by atoms with van der Waals surface area (Å²) in [7, 11) is -3.92. The van der Waals surface area contributed by atoms with Crippen LogP contribution in [0.5, 0.6) is 0 Å². The van der Waals surface area contributed by atoms with E-state index in [1.165, 1.54) is 18.2 Å². The molecule has 0 aromatic heterocycles. The van der Waals surface area contributed by atoms with E-state index < -0.39 is 22.0 Å². The first-order chi connectivity index (χ1) is 10.3. The molecule has 1 unspecified atom stereocenters. The smallest absolute Gasteiger partial charge is 0.324 e. The first-order valence-corrected chi connectivity index (χ1v) is 9.19. The summed E-state index contributed by atoms with van der Waals surface area (Å²) in [6.45, 7) is 3.81. The van der Waals surface area contributed by atoms with Gasteiger partial charge < -0.3 is 4.74 Å². The van der Waals surface area contributed by atoms with Crippen LogP contribution in [0.1, 0.15) is 33.1 Å². The Kier molecular flexibility index (Phi) is 7.62. The number of carbonyl (C=O) groups is 1. The number of hydrogen-bond acceptors (Lipinski definition) is 4. The van der Waals surface area contributed by atoms with E-state index in [-0.39, 0.29) is 21.5 Å². The third kappa shape index (κ3) is 5.76. The number of esters is 1. The van der Waals surface area contributed by atoms with Gasteiger partial charge in [-0.15, -0.1) is 0 Å². The first-order valence-electron chi connectivity index (χ1n) is 6.95. The molecule has 22 heavy (non-hydrogen) atoms. The van der Waals surface area contributed by atoms with Crippen LogP contribution in [0.4, 0.5) is 0 Å². The minimum absolute atomic E-state index is 0.0872. The van der Waals surface area contributed by atoms with Gasteiger partial charge >= 0.3 is 5.97 Å². The Morgan fingerprint density at radius 1 is 1.23 bits per heavy atom. The Bertz CT molecular complexity index is 599. The van der Waals surface area contributed by atoms with Gasteiger partial charge in [-0.1, -0.05) is 43.0 Å². The third-order valence-electron chi connectivity index (χ3n) is 2.86. The van der Waals surface area contributed by atoms with Crippen molar-refractivity contribution in [2.75, 3.05) is 6.61 Å². The van der Waals surface area contributed by atoms with Gasteiger partial charge in [0.1, 0.15) is 6.04 Å². The lowest BCUT2D eigenvalue weighted by molar-refractivity contribution is -0.145. The lowest BCUT2D eigenvalue weighted by Crippen LogP contribution is -2.41. The van der Waals surface area contributed by atoms with E-state index in [4.69, 9.17) is 27.9 Å². The molecule has 0 aliphatic rings. The van der Waals surface area contributed by atoms with Crippen molar-refractivity contribution in [1.82, 2.24) is 4.72 Å². The van der Waals surface area contributed by atoms with E-state index in [1.807, 2.05) is 6.92 Å². The summed E-state index contributed by atoms with van der Waals surface area (Å²) in [5.41, 5.74) is 0. The summed E-state index contributed by atoms with van der Waals surface area (Å²) in [5, 5.41) is 0.406. The van der Waals surface area contributed by atoms with Crippen LogP contribution in [-0.2, 0) is 19.6 Å². The Balaban J connectivity index is 3.00. The average Bonchev–Trinajstić information content (AvgIpc) is 2.42. The number of halogens is 2. The van der Waals surface area contributed by atoms with Crippen LogP contribution in [0.2, 0.25) is 10.0 Å². The maximum absolute atomic E-state index is 12.4. The summed E-state index contributed by atoms with van der Waals surface area (Å²) in [6.07, 6.45) is 1.89. The van der Waals surface area contributed by atoms with Gasteiger partial charge in [-0.2, -0.15) is 4.72 Å². The molecular weight excluding hydrogens is 349 g/mol. The Hall–Kier alpha value is -0.820. The number of carbonyl (C=O) groups excluding carboxylic acids is 1. The van der Waals surface area contributed by atoms with Crippen LogP contribution in [0.25, 0.3) is 0 Å². The zero-order valence-electron chi connectivity index (χ0n) is 12.4. The second-order valence-corrected chi connectivity index (χ2v) is 7.26. The molecule has 1 aromatic rings. The van der Waals surface area contributed by atoms with Crippen molar-refractivity contribution >= 4 is 39.2 Å². The maximum Gasteiger partial charge on any atom is 0.324 e. The summed E-state index contributed by atoms with van der Waals surface area (Å²) in [5.74, 6) is -0.590. The summed E-state index contributed by atoms with van der Waals surface area (Å²) in [4.78, 5) is 11.8. The van der Waals surface area contributed by atoms with Gasteiger partial charge in [-0.25, -0.2) is 8.42 Å². The fourth-order valence-electron chi connectivity index (χ4n) is 1.81. The fraction of sp³-hybridized carbons (Fsp3) is 0.500. The van der Waals surface area contributed by atoms with Gasteiger partial charge in [0.15, 0.2) is 0 Å². The molecule has 0 radical (unpaired) electrons. The highest BCUT2D eigenvalue weighted by Crippen LogP contribution is 2.22. The molecule has 1 rings (SSSR count). The number of rotatable bonds is 8. The van der Waals surface area contributed by atoms with Gasteiger partial charge in [0, 0.05) is 10.0 Å². The zero-order valence-corrected chi connectivity index (χ0v) is 14.8. The molecule has 5 nitrogen and oxygen atoms in total. The minimum atomic E-state index is -3.92. The third-order valence-corrected chi connectivity index (χ3v) is 4.75. The monoisotopic (exact) mass is 367 g/mol. The average molecular weight is 368 g/mol. The topological polar surface area (TPSA) is 72.5 Å². The largest absolute Gasteiger partial charge is 0.465 e. The number of benzene rings is 1. The SMILES string of the molecule is CCCCC(NS(=O)(=O)c1cc(Cl)cc(Cl)c1)C(=O)OCC. The number of ether oxygens (including phenoxy) is 1. The zero-order chi connectivity index (χ0) is 16.8. The molecule has 0 bridgehead atoms. The van der Waals surface area contributed by atoms with Crippen molar-refractivity contribution in [3.63, 3.8) is 0 Å². The van der Waals surface area contributed by atoms with E-state index in [1.54, 1.807) is 6.92 Å². The fourth-order valence-corrected chi connectivity index (χ4v) is 3.76. The van der Waals surface area contributed by atoms with Crippen molar-refractivity contribution in [2.24, 2.45) is 0 Å². The molecule has 124 valence electrons. The predicted octanol–water partition coefficient (Wildman–Crippen LogP) is 3.39. The van der Waals surface area contributed by atoms with Gasteiger partial charge in [-0.05, 0) is 31.5 Å². The molecule has 0 amide bonds. The lowest BCUT2D eigenvalue weighted by atomic mass is 10.1. The normalized spacial score (nSPS) is 12.9. The predicted molar refractivity (Wildman–Crippen MR) is 86.7 cm³/mol. The number of unbranched alkanes of at least 4 members (excludes halogenated alkanes) is 1. The van der Waals surface area contributed by atoms with Gasteiger partial charge in [0.05, 0.1) is 11.5 Å². The molecule has 1 atom stereocenters. The highest BCUT2D eigenvalue weighted by molar-refractivity contribution is 7.89. The van der Waals surface area contributed by atoms with Crippen molar-refractivity contribution in [3.05, 3.63) is 28.2 Å². The summed E-state index contributed by atoms with van der Waals surface area (Å²) in [6, 6.07) is 3.06. The molecule has 0 aliphatic heterocycles. The molecule has 8 heteroatoms. The van der Waals surface area contributed by atoms with Crippen LogP contribution in [0.3, 0.4) is 0 Å². The Morgan fingerprint density at radius 2 is 1.82 bits per heavy atom. The van der Waals surface area contributed by atoms with Crippen LogP contribution in [-0.4, -0.2) is 27.0 Å². The van der Waals surface area contributed by atoms with Crippen molar-refractivity contribution in [3.8, 4) is 0 Å². The van der Waals surface area contributed by atoms with Crippen LogP contribution < -0.4 is 4.72 Å². The Morgan fingerprint density at radius 3 is 2.32 bits per heavy atom. The Labute approximate surface area is 141 Å². The minimum Gasteiger partial charge on any atom is -0.465 e. The van der Waals surface area contributed by atoms with E-state index in [0.717, 1.165) is 6.42 Å².